The smallest absolute Gasteiger partial charge is 0.358 e. The fourth-order valence-corrected chi connectivity index (χ4v) is 1.71. The van der Waals surface area contributed by atoms with E-state index in [2.05, 4.69) is 26.0 Å². The Kier molecular flexibility index (Phi) is 2.95. The second-order valence-electron chi connectivity index (χ2n) is 3.08. The minimum atomic E-state index is -0.529. The highest BCUT2D eigenvalue weighted by atomic mass is 79.9. The lowest BCUT2D eigenvalue weighted by Gasteiger charge is -1.95. The molecule has 16 heavy (non-hydrogen) atoms. The van der Waals surface area contributed by atoms with Crippen LogP contribution in [0.5, 0.6) is 0 Å². The highest BCUT2D eigenvalue weighted by Crippen LogP contribution is 2.22. The molecule has 2 heterocycles. The first kappa shape index (κ1) is 10.7. The van der Waals surface area contributed by atoms with Gasteiger partial charge in [-0.25, -0.2) is 0 Å². The molecule has 0 amide bonds. The number of pyridine rings is 1. The number of rotatable bonds is 3. The molecule has 0 aromatic carbocycles. The summed E-state index contributed by atoms with van der Waals surface area (Å²) < 4.78 is 1.85. The number of halogens is 1. The Hall–Kier alpha value is -1.76. The zero-order valence-corrected chi connectivity index (χ0v) is 9.66. The van der Waals surface area contributed by atoms with E-state index in [1.54, 1.807) is 12.4 Å². The molecule has 2 aromatic heterocycles. The van der Waals surface area contributed by atoms with Crippen molar-refractivity contribution in [3.63, 3.8) is 0 Å². The predicted molar refractivity (Wildman–Crippen MR) is 59.9 cm³/mol. The summed E-state index contributed by atoms with van der Waals surface area (Å²) in [5.74, 6) is -0.184. The normalized spacial score (nSPS) is 10.3. The lowest BCUT2D eigenvalue weighted by Crippen LogP contribution is -2.02. The van der Waals surface area contributed by atoms with Crippen molar-refractivity contribution in [2.24, 2.45) is 0 Å². The Morgan fingerprint density at radius 2 is 2.31 bits per heavy atom. The van der Waals surface area contributed by atoms with E-state index in [4.69, 9.17) is 0 Å². The van der Waals surface area contributed by atoms with Crippen LogP contribution in [0.3, 0.4) is 0 Å². The lowest BCUT2D eigenvalue weighted by molar-refractivity contribution is -0.390. The van der Waals surface area contributed by atoms with E-state index in [9.17, 15) is 10.1 Å². The predicted octanol–water partition coefficient (Wildman–Crippen LogP) is 2.00. The van der Waals surface area contributed by atoms with Crippen LogP contribution >= 0.6 is 15.9 Å². The maximum atomic E-state index is 10.6. The van der Waals surface area contributed by atoms with E-state index in [-0.39, 0.29) is 5.82 Å². The Labute approximate surface area is 99.2 Å². The van der Waals surface area contributed by atoms with Crippen LogP contribution in [0.15, 0.2) is 35.1 Å². The summed E-state index contributed by atoms with van der Waals surface area (Å²) >= 11 is 3.09. The van der Waals surface area contributed by atoms with Crippen LogP contribution in [-0.4, -0.2) is 19.7 Å². The molecule has 2 rings (SSSR count). The van der Waals surface area contributed by atoms with E-state index in [1.807, 2.05) is 18.2 Å². The molecule has 0 radical (unpaired) electrons. The second kappa shape index (κ2) is 4.40. The Morgan fingerprint density at radius 1 is 1.50 bits per heavy atom. The Bertz CT molecular complexity index is 511. The van der Waals surface area contributed by atoms with E-state index in [1.165, 1.54) is 4.68 Å². The highest BCUT2D eigenvalue weighted by Gasteiger charge is 2.18. The highest BCUT2D eigenvalue weighted by molar-refractivity contribution is 9.10. The van der Waals surface area contributed by atoms with Crippen molar-refractivity contribution in [1.82, 2.24) is 14.8 Å². The van der Waals surface area contributed by atoms with Gasteiger partial charge in [0.05, 0.1) is 17.0 Å². The van der Waals surface area contributed by atoms with Gasteiger partial charge in [0.2, 0.25) is 0 Å². The average molecular weight is 283 g/mol. The second-order valence-corrected chi connectivity index (χ2v) is 3.93. The van der Waals surface area contributed by atoms with Crippen molar-refractivity contribution in [2.45, 2.75) is 6.54 Å². The van der Waals surface area contributed by atoms with Crippen LogP contribution in [0.4, 0.5) is 5.82 Å². The van der Waals surface area contributed by atoms with Crippen LogP contribution in [-0.2, 0) is 6.54 Å². The quantitative estimate of drug-likeness (QED) is 0.637. The largest absolute Gasteiger partial charge is 0.404 e. The molecule has 6 nitrogen and oxygen atoms in total. The van der Waals surface area contributed by atoms with Gasteiger partial charge in [0.25, 0.3) is 0 Å². The molecule has 0 aliphatic rings. The van der Waals surface area contributed by atoms with E-state index in [0.717, 1.165) is 5.69 Å². The third kappa shape index (κ3) is 2.25. The summed E-state index contributed by atoms with van der Waals surface area (Å²) in [6, 6.07) is 5.50. The molecular formula is C9H7BrN4O2. The summed E-state index contributed by atoms with van der Waals surface area (Å²) in [7, 11) is 0. The van der Waals surface area contributed by atoms with Gasteiger partial charge >= 0.3 is 5.82 Å². The molecule has 0 N–H and O–H groups in total. The van der Waals surface area contributed by atoms with E-state index < -0.39 is 4.92 Å². The minimum Gasteiger partial charge on any atom is -0.358 e. The molecule has 0 saturated heterocycles. The summed E-state index contributed by atoms with van der Waals surface area (Å²) in [6.45, 7) is 0.410. The van der Waals surface area contributed by atoms with Crippen molar-refractivity contribution in [3.8, 4) is 0 Å². The monoisotopic (exact) mass is 282 g/mol. The Morgan fingerprint density at radius 3 is 2.88 bits per heavy atom. The van der Waals surface area contributed by atoms with Crippen molar-refractivity contribution in [1.29, 1.82) is 0 Å². The van der Waals surface area contributed by atoms with E-state index in [0.29, 0.717) is 11.0 Å². The number of nitro groups is 1. The third-order valence-electron chi connectivity index (χ3n) is 1.92. The van der Waals surface area contributed by atoms with Crippen molar-refractivity contribution >= 4 is 21.7 Å². The molecular weight excluding hydrogens is 276 g/mol. The minimum absolute atomic E-state index is 0.184. The maximum Gasteiger partial charge on any atom is 0.404 e. The van der Waals surface area contributed by atoms with Gasteiger partial charge in [-0.2, -0.15) is 4.68 Å². The molecule has 0 fully saturated rings. The molecule has 0 spiro atoms. The summed E-state index contributed by atoms with van der Waals surface area (Å²) in [6.07, 6.45) is 3.23. The van der Waals surface area contributed by atoms with Gasteiger partial charge in [0, 0.05) is 6.20 Å². The van der Waals surface area contributed by atoms with Gasteiger partial charge in [0.1, 0.15) is 11.0 Å². The van der Waals surface area contributed by atoms with Gasteiger partial charge in [-0.05, 0) is 33.0 Å². The molecule has 0 saturated carbocycles. The fourth-order valence-electron chi connectivity index (χ4n) is 1.25. The van der Waals surface area contributed by atoms with Crippen LogP contribution in [0, 0.1) is 10.1 Å². The van der Waals surface area contributed by atoms with Crippen LogP contribution in [0.25, 0.3) is 0 Å². The first-order valence-electron chi connectivity index (χ1n) is 4.44. The van der Waals surface area contributed by atoms with Gasteiger partial charge in [-0.1, -0.05) is 6.07 Å². The number of hydrogen-bond donors (Lipinski definition) is 0. The number of hydrogen-bond acceptors (Lipinski definition) is 4. The molecule has 0 atom stereocenters. The van der Waals surface area contributed by atoms with Crippen LogP contribution in [0.1, 0.15) is 5.69 Å². The molecule has 0 aliphatic carbocycles. The van der Waals surface area contributed by atoms with Crippen molar-refractivity contribution < 1.29 is 4.92 Å². The van der Waals surface area contributed by atoms with Gasteiger partial charge in [0.15, 0.2) is 0 Å². The van der Waals surface area contributed by atoms with Crippen LogP contribution in [0.2, 0.25) is 0 Å². The molecule has 0 unspecified atom stereocenters. The van der Waals surface area contributed by atoms with Crippen LogP contribution < -0.4 is 0 Å². The first-order valence-corrected chi connectivity index (χ1v) is 5.23. The zero-order valence-electron chi connectivity index (χ0n) is 8.08. The molecule has 7 heteroatoms. The van der Waals surface area contributed by atoms with Crippen molar-refractivity contribution in [3.05, 3.63) is 50.9 Å². The third-order valence-corrected chi connectivity index (χ3v) is 2.48. The molecule has 0 aliphatic heterocycles. The Balaban J connectivity index is 2.23. The standard InChI is InChI=1S/C9H7BrN4O2/c10-8-6-13(12-9(8)14(15)16)5-7-3-1-2-4-11-7/h1-4,6H,5H2. The SMILES string of the molecule is O=[N+]([O-])c1nn(Cc2ccccn2)cc1Br. The summed E-state index contributed by atoms with van der Waals surface area (Å²) in [5, 5.41) is 14.4. The summed E-state index contributed by atoms with van der Waals surface area (Å²) in [5.41, 5.74) is 0.799. The topological polar surface area (TPSA) is 73.8 Å². The molecule has 82 valence electrons. The lowest BCUT2D eigenvalue weighted by atomic mass is 10.3. The summed E-state index contributed by atoms with van der Waals surface area (Å²) in [4.78, 5) is 14.2. The average Bonchev–Trinajstić information content (AvgIpc) is 2.61. The fraction of sp³-hybridized carbons (Fsp3) is 0.111. The van der Waals surface area contributed by atoms with Gasteiger partial charge in [-0.15, -0.1) is 0 Å². The van der Waals surface area contributed by atoms with Crippen molar-refractivity contribution in [2.75, 3.05) is 0 Å². The zero-order chi connectivity index (χ0) is 11.5. The van der Waals surface area contributed by atoms with Gasteiger partial charge < -0.3 is 10.1 Å². The number of aromatic nitrogens is 3. The maximum absolute atomic E-state index is 10.6. The van der Waals surface area contributed by atoms with E-state index >= 15 is 0 Å². The number of nitrogens with zero attached hydrogens (tertiary/aromatic N) is 4. The molecule has 2 aromatic rings. The van der Waals surface area contributed by atoms with Gasteiger partial charge in [-0.3, -0.25) is 4.98 Å². The first-order chi connectivity index (χ1) is 7.66. The molecule has 0 bridgehead atoms.